The molecule has 12 heavy (non-hydrogen) atoms. The Labute approximate surface area is 70.4 Å². The maximum absolute atomic E-state index is 10.9. The lowest BCUT2D eigenvalue weighted by Crippen LogP contribution is -2.25. The molecule has 0 bridgehead atoms. The summed E-state index contributed by atoms with van der Waals surface area (Å²) in [5.74, 6) is 0.500. The maximum atomic E-state index is 10.9. The van der Waals surface area contributed by atoms with Crippen LogP contribution in [0.4, 0.5) is 4.79 Å². The van der Waals surface area contributed by atoms with Crippen molar-refractivity contribution in [1.29, 1.82) is 0 Å². The van der Waals surface area contributed by atoms with Crippen LogP contribution in [0, 0.1) is 0 Å². The molecule has 1 fully saturated rings. The fourth-order valence-electron chi connectivity index (χ4n) is 1.51. The molecule has 0 aliphatic heterocycles. The molecular weight excluding hydrogens is 154 g/mol. The Balaban J connectivity index is 2.29. The van der Waals surface area contributed by atoms with Crippen molar-refractivity contribution in [2.45, 2.75) is 25.2 Å². The molecular formula is C8H11N3O. The van der Waals surface area contributed by atoms with Crippen molar-refractivity contribution in [2.24, 2.45) is 5.73 Å². The van der Waals surface area contributed by atoms with E-state index in [-0.39, 0.29) is 0 Å². The first-order chi connectivity index (χ1) is 5.79. The normalized spacial score (nSPS) is 17.3. The van der Waals surface area contributed by atoms with Gasteiger partial charge in [-0.1, -0.05) is 6.42 Å². The van der Waals surface area contributed by atoms with Crippen molar-refractivity contribution in [1.82, 2.24) is 9.78 Å². The van der Waals surface area contributed by atoms with Crippen molar-refractivity contribution >= 4 is 6.03 Å². The SMILES string of the molecule is NC(=O)n1nccc1C1CCC1. The molecule has 0 radical (unpaired) electrons. The van der Waals surface area contributed by atoms with Gasteiger partial charge >= 0.3 is 6.03 Å². The fraction of sp³-hybridized carbons (Fsp3) is 0.500. The highest BCUT2D eigenvalue weighted by Crippen LogP contribution is 2.35. The largest absolute Gasteiger partial charge is 0.350 e. The second-order valence-corrected chi connectivity index (χ2v) is 3.13. The number of carbonyl (C=O) groups is 1. The number of hydrogen-bond donors (Lipinski definition) is 1. The van der Waals surface area contributed by atoms with Gasteiger partial charge in [-0.2, -0.15) is 9.78 Å². The van der Waals surface area contributed by atoms with Crippen LogP contribution in [0.3, 0.4) is 0 Å². The van der Waals surface area contributed by atoms with E-state index < -0.39 is 6.03 Å². The molecule has 1 aliphatic rings. The Morgan fingerprint density at radius 3 is 2.92 bits per heavy atom. The van der Waals surface area contributed by atoms with Gasteiger partial charge in [0.05, 0.1) is 5.69 Å². The number of nitrogens with two attached hydrogens (primary N) is 1. The van der Waals surface area contributed by atoms with Crippen molar-refractivity contribution < 1.29 is 4.79 Å². The Bertz CT molecular complexity index is 301. The molecule has 0 aromatic carbocycles. The second kappa shape index (κ2) is 2.62. The third-order valence-corrected chi connectivity index (χ3v) is 2.40. The van der Waals surface area contributed by atoms with Crippen LogP contribution in [0.2, 0.25) is 0 Å². The number of nitrogens with zero attached hydrogens (tertiary/aromatic N) is 2. The zero-order valence-electron chi connectivity index (χ0n) is 6.73. The van der Waals surface area contributed by atoms with E-state index >= 15 is 0 Å². The molecule has 2 rings (SSSR count). The fourth-order valence-corrected chi connectivity index (χ4v) is 1.51. The van der Waals surface area contributed by atoms with Crippen molar-refractivity contribution in [2.75, 3.05) is 0 Å². The standard InChI is InChI=1S/C8H11N3O/c9-8(12)11-7(4-5-10-11)6-2-1-3-6/h4-6H,1-3H2,(H2,9,12). The molecule has 0 spiro atoms. The van der Waals surface area contributed by atoms with Gasteiger partial charge in [0, 0.05) is 12.1 Å². The van der Waals surface area contributed by atoms with Gasteiger partial charge in [-0.05, 0) is 18.9 Å². The van der Waals surface area contributed by atoms with E-state index in [4.69, 9.17) is 5.73 Å². The van der Waals surface area contributed by atoms with Crippen LogP contribution >= 0.6 is 0 Å². The number of rotatable bonds is 1. The number of hydrogen-bond acceptors (Lipinski definition) is 2. The highest BCUT2D eigenvalue weighted by atomic mass is 16.2. The highest BCUT2D eigenvalue weighted by Gasteiger charge is 2.24. The van der Waals surface area contributed by atoms with E-state index in [0.29, 0.717) is 5.92 Å². The first-order valence-electron chi connectivity index (χ1n) is 4.13. The Hall–Kier alpha value is -1.32. The van der Waals surface area contributed by atoms with E-state index in [1.54, 1.807) is 6.20 Å². The van der Waals surface area contributed by atoms with Gasteiger partial charge in [0.15, 0.2) is 0 Å². The summed E-state index contributed by atoms with van der Waals surface area (Å²) >= 11 is 0. The van der Waals surface area contributed by atoms with E-state index in [0.717, 1.165) is 18.5 Å². The molecule has 0 saturated heterocycles. The van der Waals surface area contributed by atoms with Crippen LogP contribution in [0.25, 0.3) is 0 Å². The first-order valence-corrected chi connectivity index (χ1v) is 4.13. The van der Waals surface area contributed by atoms with E-state index in [1.807, 2.05) is 6.07 Å². The summed E-state index contributed by atoms with van der Waals surface area (Å²) in [5, 5.41) is 3.86. The van der Waals surface area contributed by atoms with Gasteiger partial charge in [-0.3, -0.25) is 0 Å². The average Bonchev–Trinajstić information content (AvgIpc) is 2.31. The number of amides is 1. The van der Waals surface area contributed by atoms with Crippen LogP contribution in [0.5, 0.6) is 0 Å². The predicted molar refractivity (Wildman–Crippen MR) is 43.8 cm³/mol. The third kappa shape index (κ3) is 0.995. The van der Waals surface area contributed by atoms with Crippen LogP contribution in [0.15, 0.2) is 12.3 Å². The maximum Gasteiger partial charge on any atom is 0.339 e. The monoisotopic (exact) mass is 165 g/mol. The zero-order chi connectivity index (χ0) is 8.55. The molecule has 0 atom stereocenters. The minimum absolute atomic E-state index is 0.484. The summed E-state index contributed by atoms with van der Waals surface area (Å²) in [6, 6.07) is 1.39. The number of primary amides is 1. The minimum atomic E-state index is -0.484. The molecule has 1 saturated carbocycles. The highest BCUT2D eigenvalue weighted by molar-refractivity contribution is 5.74. The molecule has 1 aromatic heterocycles. The molecule has 1 amide bonds. The quantitative estimate of drug-likeness (QED) is 0.676. The first kappa shape index (κ1) is 7.34. The second-order valence-electron chi connectivity index (χ2n) is 3.13. The average molecular weight is 165 g/mol. The molecule has 4 nitrogen and oxygen atoms in total. The summed E-state index contributed by atoms with van der Waals surface area (Å²) in [6.07, 6.45) is 5.17. The van der Waals surface area contributed by atoms with Crippen LogP contribution in [0.1, 0.15) is 30.9 Å². The van der Waals surface area contributed by atoms with Crippen molar-refractivity contribution in [3.8, 4) is 0 Å². The Morgan fingerprint density at radius 2 is 2.42 bits per heavy atom. The lowest BCUT2D eigenvalue weighted by atomic mass is 9.83. The van der Waals surface area contributed by atoms with Gasteiger partial charge in [-0.15, -0.1) is 0 Å². The minimum Gasteiger partial charge on any atom is -0.350 e. The lowest BCUT2D eigenvalue weighted by molar-refractivity contribution is 0.245. The lowest BCUT2D eigenvalue weighted by Gasteiger charge is -2.25. The molecule has 64 valence electrons. The van der Waals surface area contributed by atoms with Gasteiger partial charge < -0.3 is 5.73 Å². The van der Waals surface area contributed by atoms with Gasteiger partial charge in [0.1, 0.15) is 0 Å². The molecule has 0 unspecified atom stereocenters. The summed E-state index contributed by atoms with van der Waals surface area (Å²) in [5.41, 5.74) is 6.10. The topological polar surface area (TPSA) is 60.9 Å². The smallest absolute Gasteiger partial charge is 0.339 e. The Morgan fingerprint density at radius 1 is 1.67 bits per heavy atom. The van der Waals surface area contributed by atoms with Crippen molar-refractivity contribution in [3.63, 3.8) is 0 Å². The van der Waals surface area contributed by atoms with Crippen LogP contribution in [-0.4, -0.2) is 15.8 Å². The summed E-state index contributed by atoms with van der Waals surface area (Å²) < 4.78 is 1.30. The third-order valence-electron chi connectivity index (χ3n) is 2.40. The summed E-state index contributed by atoms with van der Waals surface area (Å²) in [6.45, 7) is 0. The van der Waals surface area contributed by atoms with E-state index in [9.17, 15) is 4.79 Å². The predicted octanol–water partition coefficient (Wildman–Crippen LogP) is 1.08. The Kier molecular flexibility index (Phi) is 1.60. The summed E-state index contributed by atoms with van der Waals surface area (Å²) in [7, 11) is 0. The molecule has 1 aliphatic carbocycles. The van der Waals surface area contributed by atoms with Gasteiger partial charge in [0.25, 0.3) is 0 Å². The summed E-state index contributed by atoms with van der Waals surface area (Å²) in [4.78, 5) is 10.9. The molecule has 2 N–H and O–H groups in total. The van der Waals surface area contributed by atoms with E-state index in [1.165, 1.54) is 11.1 Å². The van der Waals surface area contributed by atoms with Gasteiger partial charge in [-0.25, -0.2) is 4.79 Å². The number of carbonyl (C=O) groups excluding carboxylic acids is 1. The molecule has 4 heteroatoms. The van der Waals surface area contributed by atoms with Crippen molar-refractivity contribution in [3.05, 3.63) is 18.0 Å². The number of aromatic nitrogens is 2. The molecule has 1 heterocycles. The van der Waals surface area contributed by atoms with E-state index in [2.05, 4.69) is 5.10 Å². The van der Waals surface area contributed by atoms with Crippen LogP contribution < -0.4 is 5.73 Å². The zero-order valence-corrected chi connectivity index (χ0v) is 6.73. The van der Waals surface area contributed by atoms with Crippen LogP contribution in [-0.2, 0) is 0 Å². The van der Waals surface area contributed by atoms with Gasteiger partial charge in [0.2, 0.25) is 0 Å². The molecule has 1 aromatic rings.